The molecule has 0 aliphatic carbocycles. The molecule has 2 heterocycles. The first-order chi connectivity index (χ1) is 14.1. The fourth-order valence-corrected chi connectivity index (χ4v) is 3.00. The van der Waals surface area contributed by atoms with Gasteiger partial charge in [-0.3, -0.25) is 24.4 Å². The summed E-state index contributed by atoms with van der Waals surface area (Å²) in [6, 6.07) is 1.24. The molecule has 3 unspecified atom stereocenters. The molecule has 1 aliphatic rings. The second-order valence-corrected chi connectivity index (χ2v) is 9.26. The Hall–Kier alpha value is -1.94. The Kier molecular flexibility index (Phi) is 8.84. The number of nitrogens with one attached hydrogen (secondary N) is 2. The lowest BCUT2D eigenvalue weighted by molar-refractivity contribution is -0.153. The van der Waals surface area contributed by atoms with Gasteiger partial charge in [0, 0.05) is 18.9 Å². The van der Waals surface area contributed by atoms with E-state index in [0.717, 1.165) is 5.56 Å². The zero-order valence-corrected chi connectivity index (χ0v) is 18.4. The van der Waals surface area contributed by atoms with Crippen LogP contribution in [0.25, 0.3) is 0 Å². The van der Waals surface area contributed by atoms with Crippen molar-refractivity contribution in [2.75, 3.05) is 13.2 Å². The van der Waals surface area contributed by atoms with Crippen molar-refractivity contribution in [2.24, 2.45) is 5.73 Å². The highest BCUT2D eigenvalue weighted by Crippen LogP contribution is 2.20. The first kappa shape index (κ1) is 24.3. The highest BCUT2D eigenvalue weighted by atomic mass is 35.5. The molecule has 11 heteroatoms. The van der Waals surface area contributed by atoms with Crippen LogP contribution in [-0.4, -0.2) is 63.4 Å². The van der Waals surface area contributed by atoms with Crippen molar-refractivity contribution < 1.29 is 19.1 Å². The molecule has 1 saturated heterocycles. The van der Waals surface area contributed by atoms with Crippen LogP contribution < -0.4 is 16.5 Å². The number of ether oxygens (including phenoxy) is 1. The van der Waals surface area contributed by atoms with Gasteiger partial charge in [0.1, 0.15) is 23.0 Å². The second kappa shape index (κ2) is 10.9. The van der Waals surface area contributed by atoms with Gasteiger partial charge in [0.05, 0.1) is 6.04 Å². The molecule has 1 fully saturated rings. The summed E-state index contributed by atoms with van der Waals surface area (Å²) in [4.78, 5) is 41.2. The monoisotopic (exact) mass is 459 g/mol. The number of amides is 2. The average molecular weight is 460 g/mol. The lowest BCUT2D eigenvalue weighted by Gasteiger charge is -2.34. The Labute approximate surface area is 185 Å². The fraction of sp³-hybridized carbons (Fsp3) is 0.579. The minimum Gasteiger partial charge on any atom is -0.461 e. The van der Waals surface area contributed by atoms with Crippen molar-refractivity contribution in [2.45, 2.75) is 55.6 Å². The molecule has 1 aromatic heterocycles. The summed E-state index contributed by atoms with van der Waals surface area (Å²) < 4.78 is 3.91. The fourth-order valence-electron chi connectivity index (χ4n) is 2.89. The van der Waals surface area contributed by atoms with Crippen LogP contribution in [0.1, 0.15) is 32.3 Å². The first-order valence-electron chi connectivity index (χ1n) is 9.63. The Morgan fingerprint density at radius 2 is 2.20 bits per heavy atom. The van der Waals surface area contributed by atoms with Crippen molar-refractivity contribution >= 4 is 41.0 Å². The van der Waals surface area contributed by atoms with Gasteiger partial charge in [0.25, 0.3) is 5.91 Å². The standard InChI is InChI=1S/C19H27Cl2N5O4/c1-12(24-16(27)14(22)9-13-5-3-7-23-10-13)17(28)26-8-4-6-15(25-26)18(29)30-11-19(2,20)21/h3,5,7,10,12,14-15,25H,4,6,8-9,11,22H2,1-2H3,(H,24,27). The highest BCUT2D eigenvalue weighted by Gasteiger charge is 2.32. The van der Waals surface area contributed by atoms with E-state index in [-0.39, 0.29) is 12.5 Å². The number of hydrogen-bond acceptors (Lipinski definition) is 7. The summed E-state index contributed by atoms with van der Waals surface area (Å²) in [5, 5.41) is 3.93. The minimum atomic E-state index is -1.19. The van der Waals surface area contributed by atoms with Crippen molar-refractivity contribution in [3.8, 4) is 0 Å². The van der Waals surface area contributed by atoms with Crippen LogP contribution in [0.15, 0.2) is 24.5 Å². The van der Waals surface area contributed by atoms with Crippen LogP contribution in [0.2, 0.25) is 0 Å². The quantitative estimate of drug-likeness (QED) is 0.385. The van der Waals surface area contributed by atoms with Gasteiger partial charge in [-0.2, -0.15) is 0 Å². The predicted molar refractivity (Wildman–Crippen MR) is 112 cm³/mol. The van der Waals surface area contributed by atoms with Gasteiger partial charge < -0.3 is 15.8 Å². The summed E-state index contributed by atoms with van der Waals surface area (Å²) in [7, 11) is 0. The Balaban J connectivity index is 1.85. The lowest BCUT2D eigenvalue weighted by atomic mass is 10.1. The summed E-state index contributed by atoms with van der Waals surface area (Å²) >= 11 is 11.6. The van der Waals surface area contributed by atoms with Gasteiger partial charge in [-0.25, -0.2) is 5.43 Å². The normalized spacial score (nSPS) is 19.0. The molecule has 0 radical (unpaired) electrons. The molecule has 4 N–H and O–H groups in total. The summed E-state index contributed by atoms with van der Waals surface area (Å²) in [6.07, 6.45) is 4.67. The summed E-state index contributed by atoms with van der Waals surface area (Å²) in [6.45, 7) is 3.31. The number of nitrogens with zero attached hydrogens (tertiary/aromatic N) is 2. The van der Waals surface area contributed by atoms with E-state index in [2.05, 4.69) is 15.7 Å². The number of pyridine rings is 1. The molecule has 1 aliphatic heterocycles. The number of rotatable bonds is 8. The maximum absolute atomic E-state index is 12.7. The predicted octanol–water partition coefficient (Wildman–Crippen LogP) is 0.689. The smallest absolute Gasteiger partial charge is 0.325 e. The number of alkyl halides is 2. The van der Waals surface area contributed by atoms with E-state index < -0.39 is 34.3 Å². The molecule has 3 atom stereocenters. The second-order valence-electron chi connectivity index (χ2n) is 7.39. The topological polar surface area (TPSA) is 127 Å². The van der Waals surface area contributed by atoms with E-state index in [9.17, 15) is 14.4 Å². The van der Waals surface area contributed by atoms with Crippen LogP contribution in [0.3, 0.4) is 0 Å². The zero-order chi connectivity index (χ0) is 22.3. The molecule has 30 heavy (non-hydrogen) atoms. The molecule has 166 valence electrons. The van der Waals surface area contributed by atoms with E-state index in [4.69, 9.17) is 33.7 Å². The Morgan fingerprint density at radius 3 is 2.83 bits per heavy atom. The van der Waals surface area contributed by atoms with E-state index in [1.807, 2.05) is 6.07 Å². The Morgan fingerprint density at radius 1 is 1.47 bits per heavy atom. The van der Waals surface area contributed by atoms with Gasteiger partial charge in [-0.15, -0.1) is 0 Å². The first-order valence-corrected chi connectivity index (χ1v) is 10.4. The number of halogens is 2. The Bertz CT molecular complexity index is 744. The summed E-state index contributed by atoms with van der Waals surface area (Å²) in [5.74, 6) is -1.37. The van der Waals surface area contributed by atoms with Gasteiger partial charge in [0.2, 0.25) is 5.91 Å². The van der Waals surface area contributed by atoms with Crippen LogP contribution >= 0.6 is 23.2 Å². The number of esters is 1. The molecule has 0 aromatic carbocycles. The van der Waals surface area contributed by atoms with Crippen LogP contribution in [-0.2, 0) is 25.5 Å². The third-order valence-corrected chi connectivity index (χ3v) is 4.67. The number of carbonyl (C=O) groups excluding carboxylic acids is 3. The molecular formula is C19H27Cl2N5O4. The molecule has 0 saturated carbocycles. The molecule has 1 aromatic rings. The van der Waals surface area contributed by atoms with E-state index in [1.165, 1.54) is 11.9 Å². The van der Waals surface area contributed by atoms with Crippen molar-refractivity contribution in [3.63, 3.8) is 0 Å². The lowest BCUT2D eigenvalue weighted by Crippen LogP contribution is -2.60. The van der Waals surface area contributed by atoms with Crippen LogP contribution in [0, 0.1) is 0 Å². The largest absolute Gasteiger partial charge is 0.461 e. The van der Waals surface area contributed by atoms with Crippen LogP contribution in [0.4, 0.5) is 0 Å². The number of aromatic nitrogens is 1. The maximum atomic E-state index is 12.7. The van der Waals surface area contributed by atoms with Crippen molar-refractivity contribution in [1.29, 1.82) is 0 Å². The van der Waals surface area contributed by atoms with Gasteiger partial charge in [-0.05, 0) is 44.7 Å². The highest BCUT2D eigenvalue weighted by molar-refractivity contribution is 6.48. The number of nitrogens with two attached hydrogens (primary N) is 1. The van der Waals surface area contributed by atoms with Crippen molar-refractivity contribution in [3.05, 3.63) is 30.1 Å². The minimum absolute atomic E-state index is 0.164. The van der Waals surface area contributed by atoms with Crippen molar-refractivity contribution in [1.82, 2.24) is 20.7 Å². The average Bonchev–Trinajstić information content (AvgIpc) is 2.71. The number of carbonyl (C=O) groups is 3. The summed E-state index contributed by atoms with van der Waals surface area (Å²) in [5.41, 5.74) is 9.61. The molecule has 2 amide bonds. The SMILES string of the molecule is CC(NC(=O)C(N)Cc1cccnc1)C(=O)N1CCCC(C(=O)OCC(C)(Cl)Cl)N1. The number of hydrogen-bond donors (Lipinski definition) is 3. The zero-order valence-electron chi connectivity index (χ0n) is 16.9. The molecule has 2 rings (SSSR count). The number of hydrazine groups is 1. The maximum Gasteiger partial charge on any atom is 0.325 e. The molecule has 0 bridgehead atoms. The third-order valence-electron chi connectivity index (χ3n) is 4.45. The van der Waals surface area contributed by atoms with E-state index >= 15 is 0 Å². The molecule has 9 nitrogen and oxygen atoms in total. The third kappa shape index (κ3) is 7.71. The molecule has 0 spiro atoms. The van der Waals surface area contributed by atoms with Gasteiger partial charge >= 0.3 is 5.97 Å². The van der Waals surface area contributed by atoms with Gasteiger partial charge in [-0.1, -0.05) is 29.3 Å². The van der Waals surface area contributed by atoms with Crippen LogP contribution in [0.5, 0.6) is 0 Å². The van der Waals surface area contributed by atoms with Gasteiger partial charge in [0.15, 0.2) is 0 Å². The molecular weight excluding hydrogens is 433 g/mol. The van der Waals surface area contributed by atoms with E-state index in [0.29, 0.717) is 25.8 Å². The van der Waals surface area contributed by atoms with E-state index in [1.54, 1.807) is 25.4 Å².